The van der Waals surface area contributed by atoms with E-state index >= 15 is 0 Å². The predicted molar refractivity (Wildman–Crippen MR) is 79.2 cm³/mol. The third-order valence-corrected chi connectivity index (χ3v) is 4.20. The fourth-order valence-electron chi connectivity index (χ4n) is 3.00. The third-order valence-electron chi connectivity index (χ3n) is 4.20. The van der Waals surface area contributed by atoms with Gasteiger partial charge in [0.25, 0.3) is 5.69 Å². The monoisotopic (exact) mass is 275 g/mol. The van der Waals surface area contributed by atoms with Crippen LogP contribution in [0.3, 0.4) is 0 Å². The van der Waals surface area contributed by atoms with Gasteiger partial charge in [-0.05, 0) is 50.8 Å². The highest BCUT2D eigenvalue weighted by Gasteiger charge is 2.34. The molecule has 1 aliphatic carbocycles. The van der Waals surface area contributed by atoms with E-state index < -0.39 is 0 Å². The molecule has 1 saturated carbocycles. The van der Waals surface area contributed by atoms with E-state index in [-0.39, 0.29) is 10.6 Å². The zero-order valence-electron chi connectivity index (χ0n) is 11.8. The summed E-state index contributed by atoms with van der Waals surface area (Å²) in [4.78, 5) is 13.3. The molecule has 108 valence electrons. The second-order valence-corrected chi connectivity index (χ2v) is 5.93. The quantitative estimate of drug-likeness (QED) is 0.663. The van der Waals surface area contributed by atoms with Crippen molar-refractivity contribution >= 4 is 11.4 Å². The summed E-state index contributed by atoms with van der Waals surface area (Å²) in [6, 6.07) is 6.38. The largest absolute Gasteiger partial charge is 0.361 e. The molecular weight excluding hydrogens is 254 g/mol. The van der Waals surface area contributed by atoms with Gasteiger partial charge in [0.05, 0.1) is 4.92 Å². The predicted octanol–water partition coefficient (Wildman–Crippen LogP) is 2.62. The lowest BCUT2D eigenvalue weighted by Crippen LogP contribution is -2.39. The van der Waals surface area contributed by atoms with Crippen molar-refractivity contribution in [3.05, 3.63) is 33.9 Å². The van der Waals surface area contributed by atoms with Crippen LogP contribution in [0.4, 0.5) is 11.4 Å². The molecule has 1 aromatic carbocycles. The molecule has 3 rings (SSSR count). The number of anilines is 1. The summed E-state index contributed by atoms with van der Waals surface area (Å²) in [6.45, 7) is 3.94. The Morgan fingerprint density at radius 2 is 2.20 bits per heavy atom. The molecule has 1 aliphatic heterocycles. The number of nitrogens with one attached hydrogen (secondary N) is 1. The van der Waals surface area contributed by atoms with E-state index in [2.05, 4.69) is 10.2 Å². The van der Waals surface area contributed by atoms with Gasteiger partial charge in [-0.15, -0.1) is 0 Å². The van der Waals surface area contributed by atoms with Crippen molar-refractivity contribution in [3.63, 3.8) is 0 Å². The molecule has 1 unspecified atom stereocenters. The first-order valence-corrected chi connectivity index (χ1v) is 7.40. The molecule has 5 nitrogen and oxygen atoms in total. The number of nitro groups is 1. The molecule has 1 N–H and O–H groups in total. The summed E-state index contributed by atoms with van der Waals surface area (Å²) in [5, 5.41) is 14.8. The Morgan fingerprint density at radius 1 is 1.40 bits per heavy atom. The lowest BCUT2D eigenvalue weighted by Gasteiger charge is -2.27. The molecule has 20 heavy (non-hydrogen) atoms. The number of hydrogen-bond acceptors (Lipinski definition) is 4. The Morgan fingerprint density at radius 3 is 2.80 bits per heavy atom. The van der Waals surface area contributed by atoms with Gasteiger partial charge in [0.2, 0.25) is 0 Å². The normalized spacial score (nSPS) is 21.9. The van der Waals surface area contributed by atoms with E-state index in [1.54, 1.807) is 6.07 Å². The van der Waals surface area contributed by atoms with Crippen molar-refractivity contribution in [2.45, 2.75) is 44.7 Å². The van der Waals surface area contributed by atoms with Gasteiger partial charge < -0.3 is 10.2 Å². The molecule has 1 aromatic rings. The summed E-state index contributed by atoms with van der Waals surface area (Å²) >= 11 is 0. The lowest BCUT2D eigenvalue weighted by atomic mass is 10.1. The molecule has 0 aromatic heterocycles. The summed E-state index contributed by atoms with van der Waals surface area (Å²) in [6.07, 6.45) is 4.68. The Kier molecular flexibility index (Phi) is 3.61. The van der Waals surface area contributed by atoms with Gasteiger partial charge in [-0.1, -0.05) is 6.07 Å². The topological polar surface area (TPSA) is 58.4 Å². The van der Waals surface area contributed by atoms with Gasteiger partial charge in [-0.3, -0.25) is 10.1 Å². The van der Waals surface area contributed by atoms with Crippen LogP contribution in [0.25, 0.3) is 0 Å². The number of aryl methyl sites for hydroxylation is 1. The van der Waals surface area contributed by atoms with Gasteiger partial charge in [-0.2, -0.15) is 0 Å². The Bertz CT molecular complexity index is 508. The van der Waals surface area contributed by atoms with E-state index in [1.165, 1.54) is 12.8 Å². The molecule has 1 atom stereocenters. The SMILES string of the molecule is Cc1ccc([N+](=O)[O-])c(N(CC2CCCN2)C2CC2)c1. The minimum absolute atomic E-state index is 0.237. The van der Waals surface area contributed by atoms with Crippen LogP contribution in [0.15, 0.2) is 18.2 Å². The summed E-state index contributed by atoms with van der Waals surface area (Å²) in [5.41, 5.74) is 2.11. The number of nitro benzene ring substituents is 1. The highest BCUT2D eigenvalue weighted by molar-refractivity contribution is 5.65. The summed E-state index contributed by atoms with van der Waals surface area (Å²) < 4.78 is 0. The average Bonchev–Trinajstić information content (AvgIpc) is 3.12. The summed E-state index contributed by atoms with van der Waals surface area (Å²) in [5.74, 6) is 0. The molecule has 0 radical (unpaired) electrons. The smallest absolute Gasteiger partial charge is 0.292 e. The highest BCUT2D eigenvalue weighted by Crippen LogP contribution is 2.37. The van der Waals surface area contributed by atoms with Crippen molar-refractivity contribution in [1.29, 1.82) is 0 Å². The molecule has 0 bridgehead atoms. The number of rotatable bonds is 5. The fourth-order valence-corrected chi connectivity index (χ4v) is 3.00. The molecule has 2 aliphatic rings. The first kappa shape index (κ1) is 13.4. The van der Waals surface area contributed by atoms with Crippen LogP contribution in [0.1, 0.15) is 31.2 Å². The van der Waals surface area contributed by atoms with Gasteiger partial charge in [0.15, 0.2) is 0 Å². The van der Waals surface area contributed by atoms with E-state index in [1.807, 2.05) is 19.1 Å². The van der Waals surface area contributed by atoms with Gasteiger partial charge in [0, 0.05) is 24.7 Å². The number of benzene rings is 1. The first-order valence-electron chi connectivity index (χ1n) is 7.40. The second-order valence-electron chi connectivity index (χ2n) is 5.93. The molecule has 1 heterocycles. The highest BCUT2D eigenvalue weighted by atomic mass is 16.6. The maximum absolute atomic E-state index is 11.3. The Hall–Kier alpha value is -1.62. The van der Waals surface area contributed by atoms with Crippen molar-refractivity contribution in [2.24, 2.45) is 0 Å². The number of nitrogens with zero attached hydrogens (tertiary/aromatic N) is 2. The van der Waals surface area contributed by atoms with Gasteiger partial charge in [0.1, 0.15) is 5.69 Å². The van der Waals surface area contributed by atoms with Gasteiger partial charge >= 0.3 is 0 Å². The number of hydrogen-bond donors (Lipinski definition) is 1. The maximum atomic E-state index is 11.3. The standard InChI is InChI=1S/C15H21N3O2/c1-11-4-7-14(18(19)20)15(9-11)17(13-5-6-13)10-12-3-2-8-16-12/h4,7,9,12-13,16H,2-3,5-6,8,10H2,1H3. The molecule has 0 amide bonds. The first-order chi connectivity index (χ1) is 9.65. The molecule has 1 saturated heterocycles. The van der Waals surface area contributed by atoms with Crippen LogP contribution in [0, 0.1) is 17.0 Å². The van der Waals surface area contributed by atoms with E-state index in [4.69, 9.17) is 0 Å². The van der Waals surface area contributed by atoms with Crippen molar-refractivity contribution in [1.82, 2.24) is 5.32 Å². The zero-order valence-corrected chi connectivity index (χ0v) is 11.8. The van der Waals surface area contributed by atoms with E-state index in [0.717, 1.165) is 37.2 Å². The third kappa shape index (κ3) is 2.77. The van der Waals surface area contributed by atoms with E-state index in [9.17, 15) is 10.1 Å². The van der Waals surface area contributed by atoms with Crippen LogP contribution >= 0.6 is 0 Å². The zero-order chi connectivity index (χ0) is 14.1. The Balaban J connectivity index is 1.89. The minimum Gasteiger partial charge on any atom is -0.361 e. The maximum Gasteiger partial charge on any atom is 0.292 e. The van der Waals surface area contributed by atoms with Crippen molar-refractivity contribution < 1.29 is 4.92 Å². The molecule has 0 spiro atoms. The average molecular weight is 275 g/mol. The lowest BCUT2D eigenvalue weighted by molar-refractivity contribution is -0.384. The molecule has 5 heteroatoms. The van der Waals surface area contributed by atoms with Crippen molar-refractivity contribution in [3.8, 4) is 0 Å². The van der Waals surface area contributed by atoms with Crippen LogP contribution in [-0.2, 0) is 0 Å². The van der Waals surface area contributed by atoms with Crippen molar-refractivity contribution in [2.75, 3.05) is 18.0 Å². The van der Waals surface area contributed by atoms with Gasteiger partial charge in [-0.25, -0.2) is 0 Å². The van der Waals surface area contributed by atoms with Crippen LogP contribution in [0.5, 0.6) is 0 Å². The second kappa shape index (κ2) is 5.40. The molecular formula is C15H21N3O2. The van der Waals surface area contributed by atoms with E-state index in [0.29, 0.717) is 12.1 Å². The fraction of sp³-hybridized carbons (Fsp3) is 0.600. The Labute approximate surface area is 119 Å². The molecule has 2 fully saturated rings. The summed E-state index contributed by atoms with van der Waals surface area (Å²) in [7, 11) is 0. The minimum atomic E-state index is -0.258. The van der Waals surface area contributed by atoms with Crippen LogP contribution in [0.2, 0.25) is 0 Å². The van der Waals surface area contributed by atoms with Crippen LogP contribution < -0.4 is 10.2 Å². The van der Waals surface area contributed by atoms with Crippen LogP contribution in [-0.4, -0.2) is 30.1 Å².